The average Bonchev–Trinajstić information content (AvgIpc) is 3.26. The number of nitrogens with one attached hydrogen (secondary N) is 1. The third-order valence-corrected chi connectivity index (χ3v) is 6.48. The van der Waals surface area contributed by atoms with Crippen molar-refractivity contribution in [2.45, 2.75) is 30.4 Å². The second-order valence-corrected chi connectivity index (χ2v) is 9.13. The van der Waals surface area contributed by atoms with Crippen molar-refractivity contribution in [3.05, 3.63) is 65.5 Å². The molecule has 3 rings (SSSR count). The molecule has 1 amide bonds. The molecule has 0 saturated carbocycles. The van der Waals surface area contributed by atoms with Gasteiger partial charge in [0.15, 0.2) is 0 Å². The van der Waals surface area contributed by atoms with Crippen molar-refractivity contribution in [2.75, 3.05) is 33.4 Å². The van der Waals surface area contributed by atoms with Crippen LogP contribution in [0.4, 0.5) is 4.39 Å². The van der Waals surface area contributed by atoms with Gasteiger partial charge in [-0.25, -0.2) is 17.5 Å². The summed E-state index contributed by atoms with van der Waals surface area (Å²) in [5.41, 5.74) is 1.03. The molecule has 168 valence electrons. The zero-order chi connectivity index (χ0) is 22.3. The Morgan fingerprint density at radius 3 is 2.68 bits per heavy atom. The molecule has 1 aliphatic rings. The van der Waals surface area contributed by atoms with Gasteiger partial charge in [0.2, 0.25) is 10.0 Å². The molecule has 2 aromatic carbocycles. The Balaban J connectivity index is 1.76. The molecule has 1 fully saturated rings. The summed E-state index contributed by atoms with van der Waals surface area (Å²) in [6.07, 6.45) is 1.73. The van der Waals surface area contributed by atoms with Crippen molar-refractivity contribution >= 4 is 15.9 Å². The van der Waals surface area contributed by atoms with Crippen LogP contribution in [0.3, 0.4) is 0 Å². The number of ether oxygens (including phenoxy) is 2. The highest BCUT2D eigenvalue weighted by Gasteiger charge is 2.24. The van der Waals surface area contributed by atoms with E-state index < -0.39 is 10.0 Å². The minimum atomic E-state index is -3.68. The van der Waals surface area contributed by atoms with Crippen LogP contribution < -0.4 is 4.72 Å². The first kappa shape index (κ1) is 23.3. The number of nitrogens with zero attached hydrogens (tertiary/aromatic N) is 1. The summed E-state index contributed by atoms with van der Waals surface area (Å²) in [5, 5.41) is 0. The molecule has 0 aliphatic carbocycles. The summed E-state index contributed by atoms with van der Waals surface area (Å²) in [5.74, 6) is -0.631. The molecule has 1 saturated heterocycles. The molecule has 1 unspecified atom stereocenters. The predicted octanol–water partition coefficient (Wildman–Crippen LogP) is 2.57. The highest BCUT2D eigenvalue weighted by molar-refractivity contribution is 7.89. The van der Waals surface area contributed by atoms with Crippen LogP contribution >= 0.6 is 0 Å². The number of halogens is 1. The lowest BCUT2D eigenvalue weighted by Gasteiger charge is -2.26. The summed E-state index contributed by atoms with van der Waals surface area (Å²) in [6, 6.07) is 11.9. The van der Waals surface area contributed by atoms with E-state index in [2.05, 4.69) is 4.72 Å². The van der Waals surface area contributed by atoms with Gasteiger partial charge in [0.1, 0.15) is 5.82 Å². The van der Waals surface area contributed by atoms with Crippen LogP contribution in [0.25, 0.3) is 0 Å². The lowest BCUT2D eigenvalue weighted by Crippen LogP contribution is -2.37. The maximum absolute atomic E-state index is 13.6. The molecule has 1 atom stereocenters. The van der Waals surface area contributed by atoms with E-state index in [-0.39, 0.29) is 42.4 Å². The molecule has 0 radical (unpaired) electrons. The van der Waals surface area contributed by atoms with E-state index in [1.807, 2.05) is 0 Å². The van der Waals surface area contributed by atoms with Crippen molar-refractivity contribution < 1.29 is 27.1 Å². The summed E-state index contributed by atoms with van der Waals surface area (Å²) in [6.45, 7) is 1.69. The minimum absolute atomic E-state index is 0.0657. The molecule has 0 bridgehead atoms. The number of rotatable bonds is 10. The molecule has 9 heteroatoms. The van der Waals surface area contributed by atoms with E-state index in [1.165, 1.54) is 43.5 Å². The second kappa shape index (κ2) is 10.8. The lowest BCUT2D eigenvalue weighted by molar-refractivity contribution is 0.0507. The maximum atomic E-state index is 13.6. The largest absolute Gasteiger partial charge is 0.383 e. The number of hydrogen-bond acceptors (Lipinski definition) is 5. The van der Waals surface area contributed by atoms with Gasteiger partial charge >= 0.3 is 0 Å². The summed E-state index contributed by atoms with van der Waals surface area (Å²) in [4.78, 5) is 14.9. The van der Waals surface area contributed by atoms with Crippen LogP contribution in [-0.2, 0) is 26.0 Å². The van der Waals surface area contributed by atoms with Gasteiger partial charge in [0.05, 0.1) is 17.6 Å². The Morgan fingerprint density at radius 2 is 2.03 bits per heavy atom. The van der Waals surface area contributed by atoms with E-state index in [9.17, 15) is 17.6 Å². The fraction of sp³-hybridized carbons (Fsp3) is 0.409. The normalized spacial score (nSPS) is 16.4. The van der Waals surface area contributed by atoms with Crippen LogP contribution in [-0.4, -0.2) is 58.7 Å². The zero-order valence-corrected chi connectivity index (χ0v) is 18.2. The first-order valence-electron chi connectivity index (χ1n) is 10.1. The first-order valence-corrected chi connectivity index (χ1v) is 11.6. The van der Waals surface area contributed by atoms with E-state index in [4.69, 9.17) is 9.47 Å². The molecular weight excluding hydrogens is 423 g/mol. The zero-order valence-electron chi connectivity index (χ0n) is 17.4. The predicted molar refractivity (Wildman–Crippen MR) is 114 cm³/mol. The third-order valence-electron chi connectivity index (χ3n) is 5.01. The second-order valence-electron chi connectivity index (χ2n) is 7.37. The first-order chi connectivity index (χ1) is 14.9. The summed E-state index contributed by atoms with van der Waals surface area (Å²) < 4.78 is 51.2. The van der Waals surface area contributed by atoms with Gasteiger partial charge in [-0.2, -0.15) is 0 Å². The van der Waals surface area contributed by atoms with Crippen molar-refractivity contribution in [2.24, 2.45) is 0 Å². The average molecular weight is 451 g/mol. The maximum Gasteiger partial charge on any atom is 0.254 e. The van der Waals surface area contributed by atoms with Gasteiger partial charge in [0.25, 0.3) is 5.91 Å². The van der Waals surface area contributed by atoms with Gasteiger partial charge in [-0.15, -0.1) is 0 Å². The molecule has 31 heavy (non-hydrogen) atoms. The molecule has 1 heterocycles. The molecule has 1 aliphatic heterocycles. The highest BCUT2D eigenvalue weighted by atomic mass is 32.2. The Hall–Kier alpha value is -2.33. The summed E-state index contributed by atoms with van der Waals surface area (Å²) >= 11 is 0. The molecular formula is C22H27FN2O5S. The standard InChI is InChI=1S/C22H27FN2O5S/c1-29-13-11-24-31(27,28)21-9-7-18(8-10-21)22(26)25(16-20-6-3-12-30-20)15-17-4-2-5-19(23)14-17/h2,4-5,7-10,14,20,24H,3,6,11-13,15-16H2,1H3. The van der Waals surface area contributed by atoms with Gasteiger partial charge in [0, 0.05) is 38.9 Å². The quantitative estimate of drug-likeness (QED) is 0.563. The van der Waals surface area contributed by atoms with Gasteiger partial charge < -0.3 is 14.4 Å². The Bertz CT molecular complexity index is 976. The van der Waals surface area contributed by atoms with Gasteiger partial charge in [-0.1, -0.05) is 12.1 Å². The molecule has 2 aromatic rings. The SMILES string of the molecule is COCCNS(=O)(=O)c1ccc(C(=O)N(Cc2cccc(F)c2)CC2CCCO2)cc1. The third kappa shape index (κ3) is 6.57. The minimum Gasteiger partial charge on any atom is -0.383 e. The van der Waals surface area contributed by atoms with Crippen molar-refractivity contribution in [1.29, 1.82) is 0 Å². The Labute approximate surface area is 182 Å². The lowest BCUT2D eigenvalue weighted by atomic mass is 10.1. The van der Waals surface area contributed by atoms with Crippen molar-refractivity contribution in [1.82, 2.24) is 9.62 Å². The molecule has 0 aromatic heterocycles. The number of hydrogen-bond donors (Lipinski definition) is 1. The van der Waals surface area contributed by atoms with Crippen LogP contribution in [0, 0.1) is 5.82 Å². The Kier molecular flexibility index (Phi) is 8.14. The fourth-order valence-corrected chi connectivity index (χ4v) is 4.44. The smallest absolute Gasteiger partial charge is 0.254 e. The van der Waals surface area contributed by atoms with Crippen molar-refractivity contribution in [3.63, 3.8) is 0 Å². The van der Waals surface area contributed by atoms with Gasteiger partial charge in [-0.3, -0.25) is 4.79 Å². The molecule has 1 N–H and O–H groups in total. The number of carbonyl (C=O) groups is 1. The van der Waals surface area contributed by atoms with Crippen LogP contribution in [0.2, 0.25) is 0 Å². The van der Waals surface area contributed by atoms with Crippen LogP contribution in [0.15, 0.2) is 53.4 Å². The van der Waals surface area contributed by atoms with Crippen molar-refractivity contribution in [3.8, 4) is 0 Å². The highest BCUT2D eigenvalue weighted by Crippen LogP contribution is 2.19. The van der Waals surface area contributed by atoms with E-state index >= 15 is 0 Å². The van der Waals surface area contributed by atoms with E-state index in [1.54, 1.807) is 17.0 Å². The molecule has 0 spiro atoms. The number of methoxy groups -OCH3 is 1. The van der Waals surface area contributed by atoms with Crippen LogP contribution in [0.1, 0.15) is 28.8 Å². The van der Waals surface area contributed by atoms with Gasteiger partial charge in [-0.05, 0) is 54.8 Å². The monoisotopic (exact) mass is 450 g/mol. The topological polar surface area (TPSA) is 84.9 Å². The van der Waals surface area contributed by atoms with E-state index in [0.717, 1.165) is 12.8 Å². The number of sulfonamides is 1. The Morgan fingerprint density at radius 1 is 1.26 bits per heavy atom. The molecule has 7 nitrogen and oxygen atoms in total. The number of amides is 1. The van der Waals surface area contributed by atoms with Crippen LogP contribution in [0.5, 0.6) is 0 Å². The number of carbonyl (C=O) groups excluding carboxylic acids is 1. The fourth-order valence-electron chi connectivity index (χ4n) is 3.43. The summed E-state index contributed by atoms with van der Waals surface area (Å²) in [7, 11) is -2.20. The number of benzene rings is 2. The van der Waals surface area contributed by atoms with E-state index in [0.29, 0.717) is 24.3 Å².